The molecule has 3 aromatic rings. The molecule has 2 fully saturated rings. The summed E-state index contributed by atoms with van der Waals surface area (Å²) in [6.45, 7) is 6.02. The normalized spacial score (nSPS) is 17.4. The highest BCUT2D eigenvalue weighted by molar-refractivity contribution is 7.89. The van der Waals surface area contributed by atoms with Gasteiger partial charge in [0.2, 0.25) is 16.0 Å². The number of rotatable bonds is 8. The molecule has 0 radical (unpaired) electrons. The molecule has 0 spiro atoms. The molecule has 9 heteroatoms. The minimum Gasteiger partial charge on any atom is -0.340 e. The molecule has 1 saturated heterocycles. The molecular weight excluding hydrogens is 484 g/mol. The molecule has 3 N–H and O–H groups in total. The highest BCUT2D eigenvalue weighted by atomic mass is 32.2. The Morgan fingerprint density at radius 3 is 2.27 bits per heavy atom. The Kier molecular flexibility index (Phi) is 7.46. The van der Waals surface area contributed by atoms with Crippen molar-refractivity contribution >= 4 is 33.2 Å². The summed E-state index contributed by atoms with van der Waals surface area (Å²) >= 11 is 0. The number of anilines is 4. The SMILES string of the molecule is Cc1ccc(Nc2nc(Nc3ccc(C4CCN(C)CC4)cc3)ncc2C)cc1S(=O)(=O)NC1CCC1. The summed E-state index contributed by atoms with van der Waals surface area (Å²) in [6, 6.07) is 13.9. The maximum atomic E-state index is 12.9. The predicted octanol–water partition coefficient (Wildman–Crippen LogP) is 5.22. The van der Waals surface area contributed by atoms with Crippen molar-refractivity contribution in [1.29, 1.82) is 0 Å². The molecule has 196 valence electrons. The number of aryl methyl sites for hydroxylation is 2. The Balaban J connectivity index is 1.29. The van der Waals surface area contributed by atoms with E-state index in [4.69, 9.17) is 0 Å². The minimum absolute atomic E-state index is 0.0391. The van der Waals surface area contributed by atoms with Crippen LogP contribution in [0.15, 0.2) is 53.6 Å². The van der Waals surface area contributed by atoms with E-state index in [0.29, 0.717) is 33.8 Å². The second-order valence-corrected chi connectivity index (χ2v) is 12.1. The van der Waals surface area contributed by atoms with Gasteiger partial charge in [-0.2, -0.15) is 4.98 Å². The summed E-state index contributed by atoms with van der Waals surface area (Å²) in [5.41, 5.74) is 4.54. The number of aromatic nitrogens is 2. The van der Waals surface area contributed by atoms with Crippen LogP contribution in [-0.4, -0.2) is 49.5 Å². The molecule has 2 aliphatic rings. The number of hydrogen-bond donors (Lipinski definition) is 3. The molecule has 8 nitrogen and oxygen atoms in total. The molecule has 1 aliphatic heterocycles. The van der Waals surface area contributed by atoms with Gasteiger partial charge in [0.25, 0.3) is 0 Å². The van der Waals surface area contributed by atoms with Crippen molar-refractivity contribution in [1.82, 2.24) is 19.6 Å². The lowest BCUT2D eigenvalue weighted by molar-refractivity contribution is 0.255. The first kappa shape index (κ1) is 25.6. The number of piperidine rings is 1. The molecular formula is C28H36N6O2S. The largest absolute Gasteiger partial charge is 0.340 e. The third-order valence-electron chi connectivity index (χ3n) is 7.50. The van der Waals surface area contributed by atoms with Crippen LogP contribution in [0.5, 0.6) is 0 Å². The Morgan fingerprint density at radius 1 is 0.892 bits per heavy atom. The van der Waals surface area contributed by atoms with Gasteiger partial charge in [0.1, 0.15) is 5.82 Å². The van der Waals surface area contributed by atoms with Crippen LogP contribution < -0.4 is 15.4 Å². The monoisotopic (exact) mass is 520 g/mol. The summed E-state index contributed by atoms with van der Waals surface area (Å²) in [5.74, 6) is 1.72. The van der Waals surface area contributed by atoms with Crippen molar-refractivity contribution in [3.05, 3.63) is 65.4 Å². The number of likely N-dealkylation sites (tertiary alicyclic amines) is 1. The molecule has 5 rings (SSSR count). The maximum Gasteiger partial charge on any atom is 0.241 e. The van der Waals surface area contributed by atoms with Crippen molar-refractivity contribution in [2.24, 2.45) is 0 Å². The van der Waals surface area contributed by atoms with E-state index in [1.807, 2.05) is 26.0 Å². The quantitative estimate of drug-likeness (QED) is 0.374. The van der Waals surface area contributed by atoms with Gasteiger partial charge in [-0.15, -0.1) is 0 Å². The van der Waals surface area contributed by atoms with Crippen LogP contribution in [0, 0.1) is 13.8 Å². The van der Waals surface area contributed by atoms with E-state index in [-0.39, 0.29) is 6.04 Å². The minimum atomic E-state index is -3.58. The number of nitrogens with one attached hydrogen (secondary N) is 3. The summed E-state index contributed by atoms with van der Waals surface area (Å²) in [6.07, 6.45) is 7.00. The van der Waals surface area contributed by atoms with E-state index in [2.05, 4.69) is 61.5 Å². The van der Waals surface area contributed by atoms with E-state index in [0.717, 1.165) is 43.6 Å². The maximum absolute atomic E-state index is 12.9. The van der Waals surface area contributed by atoms with E-state index >= 15 is 0 Å². The Labute approximate surface area is 220 Å². The van der Waals surface area contributed by atoms with Crippen LogP contribution in [0.4, 0.5) is 23.1 Å². The zero-order chi connectivity index (χ0) is 26.0. The standard InChI is InChI=1S/C28H36N6O2S/c1-19-7-10-25(17-26(19)37(35,36)33-24-5-4-6-24)30-27-20(2)18-29-28(32-27)31-23-11-8-21(9-12-23)22-13-15-34(3)16-14-22/h7-12,17-18,22,24,33H,4-6,13-16H2,1-3H3,(H2,29,30,31,32). The van der Waals surface area contributed by atoms with Gasteiger partial charge in [0.15, 0.2) is 0 Å². The molecule has 1 aliphatic carbocycles. The van der Waals surface area contributed by atoms with Crippen LogP contribution in [0.3, 0.4) is 0 Å². The summed E-state index contributed by atoms with van der Waals surface area (Å²) in [5, 5.41) is 6.59. The number of benzene rings is 2. The van der Waals surface area contributed by atoms with Gasteiger partial charge in [-0.1, -0.05) is 24.6 Å². The molecule has 2 aromatic carbocycles. The first-order chi connectivity index (χ1) is 17.8. The summed E-state index contributed by atoms with van der Waals surface area (Å²) in [4.78, 5) is 11.8. The predicted molar refractivity (Wildman–Crippen MR) is 148 cm³/mol. The number of sulfonamides is 1. The van der Waals surface area contributed by atoms with Crippen LogP contribution >= 0.6 is 0 Å². The molecule has 0 atom stereocenters. The molecule has 2 heterocycles. The highest BCUT2D eigenvalue weighted by Crippen LogP contribution is 2.30. The lowest BCUT2D eigenvalue weighted by Crippen LogP contribution is -2.39. The lowest BCUT2D eigenvalue weighted by atomic mass is 9.89. The average molecular weight is 521 g/mol. The van der Waals surface area contributed by atoms with Gasteiger partial charge in [0.05, 0.1) is 4.90 Å². The molecule has 1 aromatic heterocycles. The Morgan fingerprint density at radius 2 is 1.59 bits per heavy atom. The fourth-order valence-electron chi connectivity index (χ4n) is 4.85. The van der Waals surface area contributed by atoms with Crippen LogP contribution in [0.1, 0.15) is 54.7 Å². The van der Waals surface area contributed by atoms with E-state index < -0.39 is 10.0 Å². The highest BCUT2D eigenvalue weighted by Gasteiger charge is 2.26. The van der Waals surface area contributed by atoms with Crippen molar-refractivity contribution in [3.8, 4) is 0 Å². The van der Waals surface area contributed by atoms with Crippen molar-refractivity contribution < 1.29 is 8.42 Å². The first-order valence-corrected chi connectivity index (χ1v) is 14.5. The van der Waals surface area contributed by atoms with E-state index in [9.17, 15) is 8.42 Å². The lowest BCUT2D eigenvalue weighted by Gasteiger charge is -2.29. The fraction of sp³-hybridized carbons (Fsp3) is 0.429. The number of nitrogens with zero attached hydrogens (tertiary/aromatic N) is 3. The van der Waals surface area contributed by atoms with Crippen LogP contribution in [-0.2, 0) is 10.0 Å². The van der Waals surface area contributed by atoms with Gasteiger partial charge < -0.3 is 15.5 Å². The topological polar surface area (TPSA) is 99.2 Å². The Bertz CT molecular complexity index is 1350. The van der Waals surface area contributed by atoms with Crippen LogP contribution in [0.2, 0.25) is 0 Å². The van der Waals surface area contributed by atoms with Gasteiger partial charge in [-0.3, -0.25) is 0 Å². The summed E-state index contributed by atoms with van der Waals surface area (Å²) in [7, 11) is -1.40. The van der Waals surface area contributed by atoms with Crippen molar-refractivity contribution in [2.75, 3.05) is 30.8 Å². The number of hydrogen-bond acceptors (Lipinski definition) is 7. The zero-order valence-electron chi connectivity index (χ0n) is 21.8. The Hall–Kier alpha value is -3.01. The third kappa shape index (κ3) is 6.11. The van der Waals surface area contributed by atoms with Crippen LogP contribution in [0.25, 0.3) is 0 Å². The second kappa shape index (κ2) is 10.8. The molecule has 1 saturated carbocycles. The smallest absolute Gasteiger partial charge is 0.241 e. The molecule has 37 heavy (non-hydrogen) atoms. The zero-order valence-corrected chi connectivity index (χ0v) is 22.6. The van der Waals surface area contributed by atoms with Gasteiger partial charge in [-0.05, 0) is 101 Å². The van der Waals surface area contributed by atoms with Crippen molar-refractivity contribution in [2.45, 2.75) is 62.8 Å². The van der Waals surface area contributed by atoms with E-state index in [1.165, 1.54) is 18.4 Å². The fourth-order valence-corrected chi connectivity index (χ4v) is 6.43. The molecule has 0 unspecified atom stereocenters. The van der Waals surface area contributed by atoms with Gasteiger partial charge >= 0.3 is 0 Å². The summed E-state index contributed by atoms with van der Waals surface area (Å²) < 4.78 is 28.7. The molecule has 0 amide bonds. The third-order valence-corrected chi connectivity index (χ3v) is 9.16. The second-order valence-electron chi connectivity index (χ2n) is 10.4. The average Bonchev–Trinajstić information content (AvgIpc) is 2.86. The van der Waals surface area contributed by atoms with E-state index in [1.54, 1.807) is 12.3 Å². The first-order valence-electron chi connectivity index (χ1n) is 13.1. The van der Waals surface area contributed by atoms with Gasteiger partial charge in [-0.25, -0.2) is 18.1 Å². The molecule has 0 bridgehead atoms. The van der Waals surface area contributed by atoms with Crippen molar-refractivity contribution in [3.63, 3.8) is 0 Å². The van der Waals surface area contributed by atoms with Gasteiger partial charge in [0, 0.05) is 29.2 Å².